The van der Waals surface area contributed by atoms with Crippen LogP contribution in [0.2, 0.25) is 0 Å². The van der Waals surface area contributed by atoms with Crippen molar-refractivity contribution in [3.05, 3.63) is 30.3 Å². The summed E-state index contributed by atoms with van der Waals surface area (Å²) in [7, 11) is 0. The molecule has 0 spiro atoms. The molecule has 2 rings (SSSR count). The zero-order chi connectivity index (χ0) is 20.5. The Hall–Kier alpha value is -2.57. The van der Waals surface area contributed by atoms with Crippen LogP contribution in [0, 0.1) is 5.92 Å². The highest BCUT2D eigenvalue weighted by Crippen LogP contribution is 2.20. The predicted molar refractivity (Wildman–Crippen MR) is 105 cm³/mol. The number of aliphatic carboxylic acids is 1. The molecule has 0 radical (unpaired) electrons. The molecule has 1 N–H and O–H groups in total. The highest BCUT2D eigenvalue weighted by atomic mass is 16.5. The largest absolute Gasteiger partial charge is 0.494 e. The lowest BCUT2D eigenvalue weighted by molar-refractivity contribution is -0.145. The molecule has 2 unspecified atom stereocenters. The number of ether oxygens (including phenoxy) is 1. The van der Waals surface area contributed by atoms with Gasteiger partial charge >= 0.3 is 5.97 Å². The Morgan fingerprint density at radius 3 is 2.57 bits per heavy atom. The first kappa shape index (κ1) is 21.7. The number of hydrogen-bond donors (Lipinski definition) is 1. The van der Waals surface area contributed by atoms with Crippen LogP contribution in [-0.4, -0.2) is 65.0 Å². The van der Waals surface area contributed by atoms with Gasteiger partial charge in [0.05, 0.1) is 6.61 Å². The zero-order valence-electron chi connectivity index (χ0n) is 16.7. The number of carboxylic acids is 1. The third kappa shape index (κ3) is 6.55. The van der Waals surface area contributed by atoms with Gasteiger partial charge in [0.1, 0.15) is 12.3 Å². The molecule has 1 aliphatic rings. The van der Waals surface area contributed by atoms with Gasteiger partial charge < -0.3 is 19.6 Å². The van der Waals surface area contributed by atoms with Gasteiger partial charge in [-0.15, -0.1) is 0 Å². The highest BCUT2D eigenvalue weighted by Gasteiger charge is 2.28. The summed E-state index contributed by atoms with van der Waals surface area (Å²) < 4.78 is 5.68. The third-order valence-electron chi connectivity index (χ3n) is 5.14. The van der Waals surface area contributed by atoms with Crippen molar-refractivity contribution in [3.8, 4) is 5.75 Å². The smallest absolute Gasteiger partial charge is 0.323 e. The maximum atomic E-state index is 12.8. The lowest BCUT2D eigenvalue weighted by Crippen LogP contribution is -2.43. The van der Waals surface area contributed by atoms with Crippen molar-refractivity contribution in [2.24, 2.45) is 5.92 Å². The molecular weight excluding hydrogens is 360 g/mol. The first-order chi connectivity index (χ1) is 13.4. The minimum atomic E-state index is -1.01. The number of rotatable bonds is 8. The molecule has 2 amide bonds. The Balaban J connectivity index is 1.83. The van der Waals surface area contributed by atoms with E-state index in [0.717, 1.165) is 12.2 Å². The average molecular weight is 390 g/mol. The van der Waals surface area contributed by atoms with Gasteiger partial charge in [-0.3, -0.25) is 14.4 Å². The lowest BCUT2D eigenvalue weighted by Gasteiger charge is -2.29. The van der Waals surface area contributed by atoms with E-state index in [1.807, 2.05) is 42.2 Å². The van der Waals surface area contributed by atoms with Crippen LogP contribution in [0.25, 0.3) is 0 Å². The van der Waals surface area contributed by atoms with Crippen LogP contribution in [0.4, 0.5) is 0 Å². The molecule has 1 aliphatic heterocycles. The van der Waals surface area contributed by atoms with Gasteiger partial charge in [-0.05, 0) is 37.8 Å². The number of hydrogen-bond acceptors (Lipinski definition) is 4. The second-order valence-corrected chi connectivity index (χ2v) is 7.30. The molecular formula is C21H30N2O5. The van der Waals surface area contributed by atoms with Crippen LogP contribution in [0.1, 0.15) is 39.5 Å². The molecule has 1 saturated heterocycles. The Morgan fingerprint density at radius 1 is 1.21 bits per heavy atom. The van der Waals surface area contributed by atoms with Crippen molar-refractivity contribution in [1.29, 1.82) is 0 Å². The van der Waals surface area contributed by atoms with E-state index in [-0.39, 0.29) is 30.3 Å². The molecule has 1 fully saturated rings. The normalized spacial score (nSPS) is 18.1. The number of carbonyl (C=O) groups is 3. The number of amides is 2. The van der Waals surface area contributed by atoms with Crippen molar-refractivity contribution in [2.75, 3.05) is 26.2 Å². The molecule has 0 saturated carbocycles. The first-order valence-electron chi connectivity index (χ1n) is 9.84. The van der Waals surface area contributed by atoms with Gasteiger partial charge in [-0.2, -0.15) is 0 Å². The quantitative estimate of drug-likeness (QED) is 0.737. The molecule has 1 heterocycles. The topological polar surface area (TPSA) is 87.2 Å². The molecule has 7 heteroatoms. The van der Waals surface area contributed by atoms with Crippen LogP contribution in [0.5, 0.6) is 5.75 Å². The molecule has 2 atom stereocenters. The molecule has 28 heavy (non-hydrogen) atoms. The lowest BCUT2D eigenvalue weighted by atomic mass is 10.1. The van der Waals surface area contributed by atoms with Crippen molar-refractivity contribution < 1.29 is 24.2 Å². The Morgan fingerprint density at radius 2 is 1.93 bits per heavy atom. The molecule has 1 aromatic carbocycles. The molecule has 0 bridgehead atoms. The van der Waals surface area contributed by atoms with Crippen molar-refractivity contribution >= 4 is 17.8 Å². The number of likely N-dealkylation sites (tertiary alicyclic amines) is 1. The summed E-state index contributed by atoms with van der Waals surface area (Å²) in [6.45, 7) is 4.66. The van der Waals surface area contributed by atoms with E-state index in [1.165, 1.54) is 11.8 Å². The fourth-order valence-corrected chi connectivity index (χ4v) is 3.56. The van der Waals surface area contributed by atoms with Crippen LogP contribution < -0.4 is 4.74 Å². The van der Waals surface area contributed by atoms with Gasteiger partial charge in [0.2, 0.25) is 11.8 Å². The monoisotopic (exact) mass is 390 g/mol. The third-order valence-corrected chi connectivity index (χ3v) is 5.14. The highest BCUT2D eigenvalue weighted by molar-refractivity contribution is 5.80. The van der Waals surface area contributed by atoms with Crippen LogP contribution in [0.3, 0.4) is 0 Å². The minimum Gasteiger partial charge on any atom is -0.494 e. The summed E-state index contributed by atoms with van der Waals surface area (Å²) in [5.74, 6) is -0.520. The maximum absolute atomic E-state index is 12.8. The predicted octanol–water partition coefficient (Wildman–Crippen LogP) is 2.41. The SMILES string of the molecule is CC(=O)N(CC(=O)O)C1CCCN(C(=O)C(C)CCOc2ccccc2)CC1. The Bertz CT molecular complexity index is 664. The number of benzene rings is 1. The average Bonchev–Trinajstić information content (AvgIpc) is 2.92. The molecule has 7 nitrogen and oxygen atoms in total. The number of nitrogens with zero attached hydrogens (tertiary/aromatic N) is 2. The number of para-hydroxylation sites is 1. The van der Waals surface area contributed by atoms with Gasteiger partial charge in [0.25, 0.3) is 0 Å². The van der Waals surface area contributed by atoms with Gasteiger partial charge in [0, 0.05) is 32.0 Å². The maximum Gasteiger partial charge on any atom is 0.323 e. The summed E-state index contributed by atoms with van der Waals surface area (Å²) in [6.07, 6.45) is 2.70. The summed E-state index contributed by atoms with van der Waals surface area (Å²) in [5.41, 5.74) is 0. The molecule has 1 aromatic rings. The molecule has 154 valence electrons. The van der Waals surface area contributed by atoms with E-state index in [1.54, 1.807) is 0 Å². The molecule has 0 aromatic heterocycles. The van der Waals surface area contributed by atoms with Gasteiger partial charge in [0.15, 0.2) is 0 Å². The van der Waals surface area contributed by atoms with Crippen molar-refractivity contribution in [3.63, 3.8) is 0 Å². The van der Waals surface area contributed by atoms with Crippen LogP contribution in [-0.2, 0) is 14.4 Å². The van der Waals surface area contributed by atoms with Crippen LogP contribution in [0.15, 0.2) is 30.3 Å². The van der Waals surface area contributed by atoms with Gasteiger partial charge in [-0.25, -0.2) is 0 Å². The van der Waals surface area contributed by atoms with E-state index >= 15 is 0 Å². The van der Waals surface area contributed by atoms with E-state index in [4.69, 9.17) is 9.84 Å². The fourth-order valence-electron chi connectivity index (χ4n) is 3.56. The van der Waals surface area contributed by atoms with E-state index < -0.39 is 5.97 Å². The first-order valence-corrected chi connectivity index (χ1v) is 9.84. The Labute approximate surface area is 166 Å². The zero-order valence-corrected chi connectivity index (χ0v) is 16.7. The van der Waals surface area contributed by atoms with Crippen molar-refractivity contribution in [1.82, 2.24) is 9.80 Å². The number of carboxylic acid groups (broad SMARTS) is 1. The second-order valence-electron chi connectivity index (χ2n) is 7.30. The standard InChI is InChI=1S/C21H30N2O5/c1-16(11-14-28-19-8-4-3-5-9-19)21(27)22-12-6-7-18(10-13-22)23(17(2)24)15-20(25)26/h3-5,8-9,16,18H,6-7,10-15H2,1-2H3,(H,25,26). The summed E-state index contributed by atoms with van der Waals surface area (Å²) in [4.78, 5) is 38.9. The summed E-state index contributed by atoms with van der Waals surface area (Å²) >= 11 is 0. The fraction of sp³-hybridized carbons (Fsp3) is 0.571. The van der Waals surface area contributed by atoms with E-state index in [2.05, 4.69) is 0 Å². The van der Waals surface area contributed by atoms with Gasteiger partial charge in [-0.1, -0.05) is 25.1 Å². The second kappa shape index (κ2) is 10.7. The summed E-state index contributed by atoms with van der Waals surface area (Å²) in [5, 5.41) is 9.04. The summed E-state index contributed by atoms with van der Waals surface area (Å²) in [6, 6.07) is 9.38. The minimum absolute atomic E-state index is 0.0879. The van der Waals surface area contributed by atoms with Crippen LogP contribution >= 0.6 is 0 Å². The van der Waals surface area contributed by atoms with E-state index in [0.29, 0.717) is 39.0 Å². The van der Waals surface area contributed by atoms with E-state index in [9.17, 15) is 14.4 Å². The van der Waals surface area contributed by atoms with Crippen molar-refractivity contribution in [2.45, 2.75) is 45.6 Å². The molecule has 0 aliphatic carbocycles. The number of carbonyl (C=O) groups excluding carboxylic acids is 2. The Kier molecular flexibility index (Phi) is 8.29.